The van der Waals surface area contributed by atoms with Crippen LogP contribution in [0, 0.1) is 6.92 Å². The van der Waals surface area contributed by atoms with Crippen molar-refractivity contribution >= 4 is 34.5 Å². The zero-order valence-electron chi connectivity index (χ0n) is 13.2. The highest BCUT2D eigenvalue weighted by molar-refractivity contribution is 7.94. The van der Waals surface area contributed by atoms with Gasteiger partial charge in [0, 0.05) is 4.90 Å². The first-order valence-corrected chi connectivity index (χ1v) is 8.10. The highest BCUT2D eigenvalue weighted by Crippen LogP contribution is 2.30. The van der Waals surface area contributed by atoms with E-state index in [1.165, 1.54) is 12.1 Å². The number of nitrogens with one attached hydrogen (secondary N) is 1. The van der Waals surface area contributed by atoms with Crippen LogP contribution in [0.3, 0.4) is 0 Å². The molecule has 0 amide bonds. The van der Waals surface area contributed by atoms with Crippen molar-refractivity contribution in [3.63, 3.8) is 0 Å². The van der Waals surface area contributed by atoms with E-state index in [1.54, 1.807) is 18.2 Å². The van der Waals surface area contributed by atoms with Gasteiger partial charge in [-0.1, -0.05) is 18.2 Å². The molecule has 0 bridgehead atoms. The van der Waals surface area contributed by atoms with Gasteiger partial charge in [-0.05, 0) is 59.7 Å². The minimum Gasteiger partial charge on any atom is -0.508 e. The minimum absolute atomic E-state index is 0.145. The molecule has 0 spiro atoms. The second-order valence-corrected chi connectivity index (χ2v) is 6.09. The van der Waals surface area contributed by atoms with E-state index in [1.807, 2.05) is 31.2 Å². The third kappa shape index (κ3) is 4.03. The molecule has 0 saturated carbocycles. The summed E-state index contributed by atoms with van der Waals surface area (Å²) in [4.78, 5) is 16.6. The van der Waals surface area contributed by atoms with Gasteiger partial charge in [0.25, 0.3) is 0 Å². The van der Waals surface area contributed by atoms with Gasteiger partial charge >= 0.3 is 5.97 Å². The Balaban J connectivity index is 1.61. The van der Waals surface area contributed by atoms with Crippen molar-refractivity contribution in [2.75, 3.05) is 5.48 Å². The molecule has 0 fully saturated rings. The summed E-state index contributed by atoms with van der Waals surface area (Å²) < 4.78 is 5.04. The van der Waals surface area contributed by atoms with Crippen molar-refractivity contribution in [2.45, 2.75) is 11.8 Å². The summed E-state index contributed by atoms with van der Waals surface area (Å²) >= 11 is 0.997. The van der Waals surface area contributed by atoms with Crippen LogP contribution in [0.1, 0.15) is 15.9 Å². The van der Waals surface area contributed by atoms with Gasteiger partial charge in [0.05, 0.1) is 23.3 Å². The van der Waals surface area contributed by atoms with E-state index in [-0.39, 0.29) is 11.3 Å². The zero-order valence-corrected chi connectivity index (χ0v) is 14.0. The molecule has 0 radical (unpaired) electrons. The van der Waals surface area contributed by atoms with E-state index >= 15 is 0 Å². The maximum absolute atomic E-state index is 10.9. The SMILES string of the molecule is Cc1c(O)ccc2ccc(SOONc3cccc(C(=O)O)c3)cc12. The lowest BCUT2D eigenvalue weighted by Crippen LogP contribution is -2.01. The molecule has 3 N–H and O–H groups in total. The number of phenols is 1. The van der Waals surface area contributed by atoms with Crippen molar-refractivity contribution < 1.29 is 24.3 Å². The van der Waals surface area contributed by atoms with Crippen molar-refractivity contribution in [1.29, 1.82) is 0 Å². The molecule has 0 unspecified atom stereocenters. The number of aromatic hydroxyl groups is 1. The lowest BCUT2D eigenvalue weighted by Gasteiger charge is -2.08. The molecule has 6 nitrogen and oxygen atoms in total. The van der Waals surface area contributed by atoms with Crippen molar-refractivity contribution in [3.05, 3.63) is 65.7 Å². The van der Waals surface area contributed by atoms with Gasteiger partial charge in [-0.15, -0.1) is 9.32 Å². The van der Waals surface area contributed by atoms with Crippen LogP contribution in [0.5, 0.6) is 5.75 Å². The molecule has 0 heterocycles. The predicted molar refractivity (Wildman–Crippen MR) is 95.4 cm³/mol. The van der Waals surface area contributed by atoms with E-state index in [9.17, 15) is 9.90 Å². The Hall–Kier alpha value is -2.74. The summed E-state index contributed by atoms with van der Waals surface area (Å²) in [6.07, 6.45) is 0. The van der Waals surface area contributed by atoms with Crippen molar-refractivity contribution in [2.24, 2.45) is 0 Å². The molecule has 25 heavy (non-hydrogen) atoms. The number of anilines is 1. The summed E-state index contributed by atoms with van der Waals surface area (Å²) in [6.45, 7) is 1.85. The second-order valence-electron chi connectivity index (χ2n) is 5.32. The number of phenolic OH excluding ortho intramolecular Hbond substituents is 1. The number of benzene rings is 3. The lowest BCUT2D eigenvalue weighted by molar-refractivity contribution is -0.161. The molecule has 128 valence electrons. The molecule has 0 aliphatic carbocycles. The molecule has 7 heteroatoms. The summed E-state index contributed by atoms with van der Waals surface area (Å²) in [7, 11) is 0. The van der Waals surface area contributed by atoms with Gasteiger partial charge in [0.1, 0.15) is 5.75 Å². The number of carboxylic acid groups (broad SMARTS) is 1. The maximum Gasteiger partial charge on any atom is 0.335 e. The van der Waals surface area contributed by atoms with Crippen LogP contribution in [0.25, 0.3) is 10.8 Å². The Morgan fingerprint density at radius 3 is 2.72 bits per heavy atom. The van der Waals surface area contributed by atoms with E-state index in [4.69, 9.17) is 14.4 Å². The maximum atomic E-state index is 10.9. The molecule has 0 aliphatic heterocycles. The van der Waals surface area contributed by atoms with E-state index in [0.29, 0.717) is 5.69 Å². The standard InChI is InChI=1S/C18H15NO5S/c1-11-16-10-15(7-5-12(16)6-8-17(11)20)25-24-23-19-14-4-2-3-13(9-14)18(21)22/h2-10,19-20H,1H3,(H,21,22). The summed E-state index contributed by atoms with van der Waals surface area (Å²) in [6, 6.07) is 15.4. The molecule has 3 aromatic rings. The van der Waals surface area contributed by atoms with E-state index in [0.717, 1.165) is 33.3 Å². The molecule has 0 atom stereocenters. The first-order chi connectivity index (χ1) is 12.0. The molecule has 3 rings (SSSR count). The van der Waals surface area contributed by atoms with Crippen LogP contribution >= 0.6 is 12.0 Å². The fraction of sp³-hybridized carbons (Fsp3) is 0.0556. The molecule has 3 aromatic carbocycles. The average molecular weight is 357 g/mol. The number of hydrogen-bond acceptors (Lipinski definition) is 6. The molecule has 0 aromatic heterocycles. The van der Waals surface area contributed by atoms with Crippen LogP contribution in [0.15, 0.2) is 59.5 Å². The van der Waals surface area contributed by atoms with Gasteiger partial charge in [0.15, 0.2) is 0 Å². The molecular formula is C18H15NO5S. The summed E-state index contributed by atoms with van der Waals surface area (Å²) in [5, 5.41) is 20.7. The van der Waals surface area contributed by atoms with Crippen molar-refractivity contribution in [3.8, 4) is 5.75 Å². The highest BCUT2D eigenvalue weighted by atomic mass is 32.2. The normalized spacial score (nSPS) is 10.8. The van der Waals surface area contributed by atoms with E-state index in [2.05, 4.69) is 5.48 Å². The van der Waals surface area contributed by atoms with Gasteiger partial charge in [-0.3, -0.25) is 0 Å². The fourth-order valence-electron chi connectivity index (χ4n) is 2.33. The first-order valence-electron chi connectivity index (χ1n) is 7.36. The molecule has 0 aliphatic rings. The van der Waals surface area contributed by atoms with Gasteiger partial charge in [-0.2, -0.15) is 0 Å². The first kappa shape index (κ1) is 17.1. The molecular weight excluding hydrogens is 342 g/mol. The molecule has 0 saturated heterocycles. The van der Waals surface area contributed by atoms with Gasteiger partial charge in [0.2, 0.25) is 0 Å². The number of carboxylic acids is 1. The number of fused-ring (bicyclic) bond motifs is 1. The van der Waals surface area contributed by atoms with Crippen LogP contribution in [-0.2, 0) is 9.32 Å². The quantitative estimate of drug-likeness (QED) is 0.258. The zero-order chi connectivity index (χ0) is 17.8. The Bertz CT molecular complexity index is 928. The summed E-state index contributed by atoms with van der Waals surface area (Å²) in [5.74, 6) is -0.777. The minimum atomic E-state index is -1.02. The average Bonchev–Trinajstić information content (AvgIpc) is 2.62. The number of aryl methyl sites for hydroxylation is 1. The smallest absolute Gasteiger partial charge is 0.335 e. The van der Waals surface area contributed by atoms with Crippen molar-refractivity contribution in [1.82, 2.24) is 0 Å². The third-order valence-corrected chi connectivity index (χ3v) is 4.25. The predicted octanol–water partition coefficient (Wildman–Crippen LogP) is 4.53. The number of carbonyl (C=O) groups is 1. The van der Waals surface area contributed by atoms with Crippen LogP contribution < -0.4 is 5.48 Å². The van der Waals surface area contributed by atoms with Crippen LogP contribution in [-0.4, -0.2) is 16.2 Å². The number of hydrogen-bond donors (Lipinski definition) is 3. The van der Waals surface area contributed by atoms with Gasteiger partial charge in [-0.25, -0.2) is 10.3 Å². The lowest BCUT2D eigenvalue weighted by atomic mass is 10.1. The Kier molecular flexibility index (Phi) is 5.08. The van der Waals surface area contributed by atoms with E-state index < -0.39 is 5.97 Å². The van der Waals surface area contributed by atoms with Gasteiger partial charge < -0.3 is 10.2 Å². The Labute approximate surface area is 148 Å². The Morgan fingerprint density at radius 1 is 1.12 bits per heavy atom. The summed E-state index contributed by atoms with van der Waals surface area (Å²) in [5.41, 5.74) is 3.92. The topological polar surface area (TPSA) is 88.0 Å². The second kappa shape index (κ2) is 7.43. The highest BCUT2D eigenvalue weighted by Gasteiger charge is 2.06. The fourth-order valence-corrected chi connectivity index (χ4v) is 2.76. The number of aromatic carboxylic acids is 1. The Morgan fingerprint density at radius 2 is 1.92 bits per heavy atom. The van der Waals surface area contributed by atoms with Crippen LogP contribution in [0.2, 0.25) is 0 Å². The van der Waals surface area contributed by atoms with Crippen LogP contribution in [0.4, 0.5) is 5.69 Å². The largest absolute Gasteiger partial charge is 0.508 e. The third-order valence-electron chi connectivity index (χ3n) is 3.67. The number of rotatable bonds is 6. The monoisotopic (exact) mass is 357 g/mol.